The summed E-state index contributed by atoms with van der Waals surface area (Å²) >= 11 is 0. The first-order valence-electron chi connectivity index (χ1n) is 8.32. The van der Waals surface area contributed by atoms with Crippen molar-refractivity contribution in [2.45, 2.75) is 12.2 Å². The molecule has 1 aliphatic rings. The van der Waals surface area contributed by atoms with Crippen molar-refractivity contribution >= 4 is 11.8 Å². The largest absolute Gasteiger partial charge is 0.390 e. The summed E-state index contributed by atoms with van der Waals surface area (Å²) in [5.74, 6) is -0.786. The van der Waals surface area contributed by atoms with Crippen molar-refractivity contribution in [3.63, 3.8) is 0 Å². The van der Waals surface area contributed by atoms with Crippen LogP contribution >= 0.6 is 0 Å². The maximum absolute atomic E-state index is 12.1. The number of nitrogens with zero attached hydrogens (tertiary/aromatic N) is 2. The van der Waals surface area contributed by atoms with Crippen molar-refractivity contribution in [1.29, 1.82) is 0 Å². The van der Waals surface area contributed by atoms with Gasteiger partial charge in [-0.1, -0.05) is 18.2 Å². The van der Waals surface area contributed by atoms with Crippen LogP contribution in [0.25, 0.3) is 0 Å². The summed E-state index contributed by atoms with van der Waals surface area (Å²) in [5.41, 5.74) is 0.814. The Kier molecular flexibility index (Phi) is 5.88. The van der Waals surface area contributed by atoms with Crippen molar-refractivity contribution in [3.05, 3.63) is 60.2 Å². The smallest absolute Gasteiger partial charge is 0.270 e. The van der Waals surface area contributed by atoms with Gasteiger partial charge in [-0.25, -0.2) is 9.97 Å². The number of carbonyl (C=O) groups is 2. The van der Waals surface area contributed by atoms with Gasteiger partial charge < -0.3 is 20.5 Å². The van der Waals surface area contributed by atoms with Crippen LogP contribution in [0.2, 0.25) is 0 Å². The minimum Gasteiger partial charge on any atom is -0.390 e. The Morgan fingerprint density at radius 2 is 1.88 bits per heavy atom. The van der Waals surface area contributed by atoms with Gasteiger partial charge in [0.25, 0.3) is 11.8 Å². The summed E-state index contributed by atoms with van der Waals surface area (Å²) in [5, 5.41) is 15.8. The molecule has 0 spiro atoms. The molecule has 26 heavy (non-hydrogen) atoms. The molecule has 1 aliphatic heterocycles. The third-order valence-corrected chi connectivity index (χ3v) is 4.23. The topological polar surface area (TPSA) is 113 Å². The molecule has 1 saturated heterocycles. The average Bonchev–Trinajstić information content (AvgIpc) is 3.05. The van der Waals surface area contributed by atoms with Gasteiger partial charge in [-0.15, -0.1) is 0 Å². The predicted octanol–water partition coefficient (Wildman–Crippen LogP) is 0.0123. The second-order valence-electron chi connectivity index (χ2n) is 6.00. The van der Waals surface area contributed by atoms with E-state index >= 15 is 0 Å². The van der Waals surface area contributed by atoms with Gasteiger partial charge in [-0.3, -0.25) is 9.59 Å². The van der Waals surface area contributed by atoms with E-state index in [4.69, 9.17) is 4.74 Å². The van der Waals surface area contributed by atoms with Gasteiger partial charge in [-0.2, -0.15) is 0 Å². The van der Waals surface area contributed by atoms with E-state index in [0.717, 1.165) is 0 Å². The van der Waals surface area contributed by atoms with E-state index in [1.54, 1.807) is 24.3 Å². The van der Waals surface area contributed by atoms with Gasteiger partial charge in [0.2, 0.25) is 0 Å². The Hall–Kier alpha value is -2.84. The molecule has 3 atom stereocenters. The van der Waals surface area contributed by atoms with E-state index in [1.807, 2.05) is 6.07 Å². The lowest BCUT2D eigenvalue weighted by atomic mass is 10.0. The molecule has 3 rings (SSSR count). The summed E-state index contributed by atoms with van der Waals surface area (Å²) < 4.78 is 5.55. The third kappa shape index (κ3) is 4.41. The summed E-state index contributed by atoms with van der Waals surface area (Å²) in [6.07, 6.45) is 1.46. The highest BCUT2D eigenvalue weighted by Gasteiger charge is 2.36. The van der Waals surface area contributed by atoms with Gasteiger partial charge in [0.15, 0.2) is 0 Å². The SMILES string of the molecule is O=C(NC[C@@H]1CO[C@H](CNC(=O)c2ccncn2)[C@H]1O)c1ccccc1. The first kappa shape index (κ1) is 18.0. The number of rotatable bonds is 6. The molecule has 1 fully saturated rings. The maximum Gasteiger partial charge on any atom is 0.270 e. The van der Waals surface area contributed by atoms with Crippen molar-refractivity contribution in [2.24, 2.45) is 5.92 Å². The molecule has 0 aliphatic carbocycles. The normalized spacial score (nSPS) is 22.0. The second-order valence-corrected chi connectivity index (χ2v) is 6.00. The van der Waals surface area contributed by atoms with E-state index in [9.17, 15) is 14.7 Å². The van der Waals surface area contributed by atoms with E-state index in [0.29, 0.717) is 18.7 Å². The van der Waals surface area contributed by atoms with Crippen LogP contribution in [0.5, 0.6) is 0 Å². The standard InChI is InChI=1S/C18H20N4O4/c23-16-13(8-20-17(24)12-4-2-1-3-5-12)10-26-15(16)9-21-18(25)14-6-7-19-11-22-14/h1-7,11,13,15-16,23H,8-10H2,(H,20,24)(H,21,25)/t13-,15-,16+/m1/s1. The Morgan fingerprint density at radius 3 is 2.62 bits per heavy atom. The number of carbonyl (C=O) groups excluding carboxylic acids is 2. The molecule has 2 amide bonds. The number of benzene rings is 1. The molecule has 2 aromatic rings. The molecule has 3 N–H and O–H groups in total. The zero-order chi connectivity index (χ0) is 18.4. The lowest BCUT2D eigenvalue weighted by Crippen LogP contribution is -2.41. The van der Waals surface area contributed by atoms with Crippen LogP contribution in [0.3, 0.4) is 0 Å². The first-order valence-corrected chi connectivity index (χ1v) is 8.32. The number of amides is 2. The average molecular weight is 356 g/mol. The highest BCUT2D eigenvalue weighted by Crippen LogP contribution is 2.19. The summed E-state index contributed by atoms with van der Waals surface area (Å²) in [6.45, 7) is 0.767. The molecule has 8 nitrogen and oxygen atoms in total. The number of aromatic nitrogens is 2. The number of ether oxygens (including phenoxy) is 1. The van der Waals surface area contributed by atoms with Crippen LogP contribution in [0.4, 0.5) is 0 Å². The van der Waals surface area contributed by atoms with E-state index in [1.165, 1.54) is 18.6 Å². The molecular formula is C18H20N4O4. The quantitative estimate of drug-likeness (QED) is 0.672. The van der Waals surface area contributed by atoms with Crippen LogP contribution in [-0.2, 0) is 4.74 Å². The molecular weight excluding hydrogens is 336 g/mol. The molecule has 1 aromatic heterocycles. The van der Waals surface area contributed by atoms with Crippen molar-refractivity contribution in [1.82, 2.24) is 20.6 Å². The zero-order valence-corrected chi connectivity index (χ0v) is 14.0. The monoisotopic (exact) mass is 356 g/mol. The van der Waals surface area contributed by atoms with E-state index in [-0.39, 0.29) is 30.0 Å². The van der Waals surface area contributed by atoms with E-state index in [2.05, 4.69) is 20.6 Å². The minimum atomic E-state index is -0.781. The number of aliphatic hydroxyl groups excluding tert-OH is 1. The Bertz CT molecular complexity index is 678. The summed E-state index contributed by atoms with van der Waals surface area (Å²) in [7, 11) is 0. The summed E-state index contributed by atoms with van der Waals surface area (Å²) in [6, 6.07) is 10.4. The molecule has 0 unspecified atom stereocenters. The van der Waals surface area contributed by atoms with Gasteiger partial charge >= 0.3 is 0 Å². The molecule has 8 heteroatoms. The third-order valence-electron chi connectivity index (χ3n) is 4.23. The van der Waals surface area contributed by atoms with Gasteiger partial charge in [-0.05, 0) is 18.2 Å². The minimum absolute atomic E-state index is 0.160. The van der Waals surface area contributed by atoms with Crippen molar-refractivity contribution in [3.8, 4) is 0 Å². The van der Waals surface area contributed by atoms with E-state index < -0.39 is 12.2 Å². The zero-order valence-electron chi connectivity index (χ0n) is 14.0. The van der Waals surface area contributed by atoms with Crippen LogP contribution < -0.4 is 10.6 Å². The molecule has 136 valence electrons. The van der Waals surface area contributed by atoms with Crippen LogP contribution in [0.1, 0.15) is 20.8 Å². The Labute approximate surface area is 150 Å². The predicted molar refractivity (Wildman–Crippen MR) is 92.4 cm³/mol. The fourth-order valence-corrected chi connectivity index (χ4v) is 2.73. The highest BCUT2D eigenvalue weighted by molar-refractivity contribution is 5.94. The number of hydrogen-bond donors (Lipinski definition) is 3. The van der Waals surface area contributed by atoms with Crippen molar-refractivity contribution < 1.29 is 19.4 Å². The fourth-order valence-electron chi connectivity index (χ4n) is 2.73. The Balaban J connectivity index is 1.45. The lowest BCUT2D eigenvalue weighted by molar-refractivity contribution is 0.0383. The molecule has 1 aromatic carbocycles. The van der Waals surface area contributed by atoms with Crippen LogP contribution in [0.15, 0.2) is 48.9 Å². The lowest BCUT2D eigenvalue weighted by Gasteiger charge is -2.18. The second kappa shape index (κ2) is 8.50. The first-order chi connectivity index (χ1) is 12.6. The maximum atomic E-state index is 12.1. The fraction of sp³-hybridized carbons (Fsp3) is 0.333. The molecule has 2 heterocycles. The molecule has 0 radical (unpaired) electrons. The number of nitrogens with one attached hydrogen (secondary N) is 2. The van der Waals surface area contributed by atoms with Gasteiger partial charge in [0.1, 0.15) is 18.1 Å². The molecule has 0 saturated carbocycles. The summed E-state index contributed by atoms with van der Waals surface area (Å²) in [4.78, 5) is 31.6. The van der Waals surface area contributed by atoms with Crippen molar-refractivity contribution in [2.75, 3.05) is 19.7 Å². The Morgan fingerprint density at radius 1 is 1.12 bits per heavy atom. The number of aliphatic hydroxyl groups is 1. The highest BCUT2D eigenvalue weighted by atomic mass is 16.5. The van der Waals surface area contributed by atoms with Crippen LogP contribution in [-0.4, -0.2) is 58.8 Å². The molecule has 0 bridgehead atoms. The van der Waals surface area contributed by atoms with Gasteiger partial charge in [0.05, 0.1) is 12.7 Å². The van der Waals surface area contributed by atoms with Gasteiger partial charge in [0, 0.05) is 30.8 Å². The number of hydrogen-bond acceptors (Lipinski definition) is 6. The van der Waals surface area contributed by atoms with Crippen LogP contribution in [0, 0.1) is 5.92 Å².